The van der Waals surface area contributed by atoms with Gasteiger partial charge in [0.2, 0.25) is 0 Å². The second-order valence-electron chi connectivity index (χ2n) is 5.12. The van der Waals surface area contributed by atoms with E-state index in [1.165, 1.54) is 0 Å². The van der Waals surface area contributed by atoms with Crippen molar-refractivity contribution in [3.63, 3.8) is 0 Å². The largest absolute Gasteiger partial charge is 0.377 e. The molecule has 0 unspecified atom stereocenters. The van der Waals surface area contributed by atoms with Gasteiger partial charge in [-0.3, -0.25) is 0 Å². The van der Waals surface area contributed by atoms with Crippen LogP contribution < -0.4 is 5.32 Å². The molecule has 0 aliphatic heterocycles. The number of fused-ring (bicyclic) bond motifs is 1. The van der Waals surface area contributed by atoms with Crippen LogP contribution >= 0.6 is 0 Å². The first-order valence-electron chi connectivity index (χ1n) is 6.64. The third kappa shape index (κ3) is 2.09. The molecular weight excluding hydrogens is 267 g/mol. The third-order valence-corrected chi connectivity index (χ3v) is 3.69. The topological polar surface area (TPSA) is 37.8 Å². The summed E-state index contributed by atoms with van der Waals surface area (Å²) >= 11 is 0. The number of hydrogen-bond donors (Lipinski definition) is 1. The molecule has 1 aliphatic carbocycles. The van der Waals surface area contributed by atoms with Crippen molar-refractivity contribution in [2.45, 2.75) is 38.6 Å². The van der Waals surface area contributed by atoms with Crippen LogP contribution in [0.2, 0.25) is 0 Å². The molecule has 6 heteroatoms. The highest BCUT2D eigenvalue weighted by atomic mass is 19.2. The highest BCUT2D eigenvalue weighted by molar-refractivity contribution is 5.83. The Morgan fingerprint density at radius 2 is 1.80 bits per heavy atom. The molecule has 1 saturated carbocycles. The van der Waals surface area contributed by atoms with Crippen LogP contribution in [0, 0.1) is 24.4 Å². The lowest BCUT2D eigenvalue weighted by atomic mass is 10.1. The minimum absolute atomic E-state index is 0.0150. The second kappa shape index (κ2) is 4.92. The van der Waals surface area contributed by atoms with Gasteiger partial charge in [-0.05, 0) is 19.8 Å². The summed E-state index contributed by atoms with van der Waals surface area (Å²) < 4.78 is 42.4. The maximum absolute atomic E-state index is 14.4. The Bertz CT molecular complexity index is 666. The molecule has 106 valence electrons. The van der Waals surface area contributed by atoms with Crippen LogP contribution in [-0.4, -0.2) is 16.0 Å². The zero-order valence-electron chi connectivity index (χ0n) is 11.0. The van der Waals surface area contributed by atoms with Gasteiger partial charge in [0.25, 0.3) is 0 Å². The molecule has 0 atom stereocenters. The highest BCUT2D eigenvalue weighted by Crippen LogP contribution is 2.32. The lowest BCUT2D eigenvalue weighted by Crippen LogP contribution is -2.18. The quantitative estimate of drug-likeness (QED) is 0.853. The average molecular weight is 281 g/mol. The van der Waals surface area contributed by atoms with Crippen LogP contribution in [0.3, 0.4) is 0 Å². The Hall–Kier alpha value is -1.85. The molecule has 1 aliphatic rings. The number of aryl methyl sites for hydroxylation is 1. The van der Waals surface area contributed by atoms with Crippen LogP contribution in [-0.2, 0) is 0 Å². The first-order chi connectivity index (χ1) is 9.58. The van der Waals surface area contributed by atoms with Gasteiger partial charge in [-0.1, -0.05) is 12.8 Å². The zero-order chi connectivity index (χ0) is 14.3. The number of rotatable bonds is 2. The first-order valence-corrected chi connectivity index (χ1v) is 6.64. The van der Waals surface area contributed by atoms with Crippen molar-refractivity contribution in [2.75, 3.05) is 5.32 Å². The number of halogens is 3. The number of nitrogens with one attached hydrogen (secondary N) is 1. The van der Waals surface area contributed by atoms with Crippen molar-refractivity contribution in [3.05, 3.63) is 29.5 Å². The molecule has 0 spiro atoms. The van der Waals surface area contributed by atoms with E-state index in [2.05, 4.69) is 15.3 Å². The summed E-state index contributed by atoms with van der Waals surface area (Å²) in [6, 6.07) is -0.0150. The lowest BCUT2D eigenvalue weighted by molar-refractivity contribution is 0.506. The summed E-state index contributed by atoms with van der Waals surface area (Å²) in [6.45, 7) is 1.57. The Morgan fingerprint density at radius 3 is 2.50 bits per heavy atom. The number of benzene rings is 1. The fraction of sp³-hybridized carbons (Fsp3) is 0.429. The molecule has 1 aromatic heterocycles. The minimum Gasteiger partial charge on any atom is -0.377 e. The predicted octanol–water partition coefficient (Wildman–Crippen LogP) is 3.71. The Morgan fingerprint density at radius 1 is 1.10 bits per heavy atom. The van der Waals surface area contributed by atoms with Gasteiger partial charge in [0.15, 0.2) is 17.5 Å². The van der Waals surface area contributed by atoms with E-state index in [1.54, 1.807) is 6.92 Å². The van der Waals surface area contributed by atoms with Crippen molar-refractivity contribution in [1.29, 1.82) is 0 Å². The number of hydrogen-bond acceptors (Lipinski definition) is 3. The Labute approximate surface area is 114 Å². The average Bonchev–Trinajstić information content (AvgIpc) is 2.94. The summed E-state index contributed by atoms with van der Waals surface area (Å²) in [7, 11) is 0. The number of anilines is 1. The summed E-state index contributed by atoms with van der Waals surface area (Å²) in [5, 5.41) is 2.55. The van der Waals surface area contributed by atoms with Gasteiger partial charge >= 0.3 is 0 Å². The number of nitrogens with zero attached hydrogens (tertiary/aromatic N) is 2. The van der Waals surface area contributed by atoms with Crippen LogP contribution in [0.5, 0.6) is 0 Å². The van der Waals surface area contributed by atoms with Crippen LogP contribution in [0.4, 0.5) is 18.9 Å². The van der Waals surface area contributed by atoms with Crippen molar-refractivity contribution >= 4 is 16.6 Å². The van der Waals surface area contributed by atoms with Crippen molar-refractivity contribution in [1.82, 2.24) is 9.97 Å². The summed E-state index contributed by atoms with van der Waals surface area (Å²) in [5.41, 5.74) is -0.600. The fourth-order valence-corrected chi connectivity index (χ4v) is 2.64. The van der Waals surface area contributed by atoms with E-state index in [0.29, 0.717) is 5.82 Å². The van der Waals surface area contributed by atoms with Gasteiger partial charge in [-0.2, -0.15) is 0 Å². The van der Waals surface area contributed by atoms with E-state index in [-0.39, 0.29) is 16.9 Å². The van der Waals surface area contributed by atoms with E-state index < -0.39 is 23.1 Å². The smallest absolute Gasteiger partial charge is 0.185 e. The maximum Gasteiger partial charge on any atom is 0.185 e. The summed E-state index contributed by atoms with van der Waals surface area (Å²) in [6.07, 6.45) is 4.80. The van der Waals surface area contributed by atoms with Gasteiger partial charge in [-0.25, -0.2) is 23.1 Å². The molecular formula is C14H14F3N3. The molecule has 3 nitrogen and oxygen atoms in total. The van der Waals surface area contributed by atoms with Gasteiger partial charge in [0.1, 0.15) is 17.0 Å². The maximum atomic E-state index is 14.4. The van der Waals surface area contributed by atoms with E-state index >= 15 is 0 Å². The molecule has 0 bridgehead atoms. The normalized spacial score (nSPS) is 16.0. The van der Waals surface area contributed by atoms with Crippen molar-refractivity contribution in [2.24, 2.45) is 0 Å². The van der Waals surface area contributed by atoms with E-state index in [4.69, 9.17) is 0 Å². The van der Waals surface area contributed by atoms with E-state index in [9.17, 15) is 13.2 Å². The number of aromatic nitrogens is 2. The standard InChI is InChI=1S/C14H14F3N3/c1-7-18-6-9-10(15)11(16)14(12(17)13(9)19-7)20-8-4-2-3-5-8/h6,8,20H,2-5H2,1H3. The van der Waals surface area contributed by atoms with Gasteiger partial charge in [-0.15, -0.1) is 0 Å². The monoisotopic (exact) mass is 281 g/mol. The lowest BCUT2D eigenvalue weighted by Gasteiger charge is -2.16. The van der Waals surface area contributed by atoms with Gasteiger partial charge in [0, 0.05) is 12.2 Å². The van der Waals surface area contributed by atoms with Crippen molar-refractivity contribution < 1.29 is 13.2 Å². The Balaban J connectivity index is 2.15. The molecule has 1 aromatic carbocycles. The van der Waals surface area contributed by atoms with Crippen LogP contribution in [0.1, 0.15) is 31.5 Å². The molecule has 2 aromatic rings. The molecule has 1 N–H and O–H groups in total. The summed E-state index contributed by atoms with van der Waals surface area (Å²) in [4.78, 5) is 7.66. The van der Waals surface area contributed by atoms with Crippen LogP contribution in [0.25, 0.3) is 10.9 Å². The van der Waals surface area contributed by atoms with E-state index in [1.807, 2.05) is 0 Å². The van der Waals surface area contributed by atoms with Gasteiger partial charge < -0.3 is 5.32 Å². The molecule has 0 saturated heterocycles. The minimum atomic E-state index is -1.20. The van der Waals surface area contributed by atoms with E-state index in [0.717, 1.165) is 31.9 Å². The van der Waals surface area contributed by atoms with Crippen molar-refractivity contribution in [3.8, 4) is 0 Å². The molecule has 1 heterocycles. The molecule has 20 heavy (non-hydrogen) atoms. The highest BCUT2D eigenvalue weighted by Gasteiger charge is 2.24. The first kappa shape index (κ1) is 13.1. The third-order valence-electron chi connectivity index (χ3n) is 3.69. The SMILES string of the molecule is Cc1ncc2c(F)c(F)c(NC3CCCC3)c(F)c2n1. The second-order valence-corrected chi connectivity index (χ2v) is 5.12. The fourth-order valence-electron chi connectivity index (χ4n) is 2.64. The molecule has 3 rings (SSSR count). The Kier molecular flexibility index (Phi) is 3.23. The molecule has 0 amide bonds. The zero-order valence-corrected chi connectivity index (χ0v) is 11.0. The van der Waals surface area contributed by atoms with Crippen LogP contribution in [0.15, 0.2) is 6.20 Å². The molecule has 0 radical (unpaired) electrons. The molecule has 1 fully saturated rings. The van der Waals surface area contributed by atoms with Gasteiger partial charge in [0.05, 0.1) is 5.39 Å². The predicted molar refractivity (Wildman–Crippen MR) is 70.0 cm³/mol. The summed E-state index contributed by atoms with van der Waals surface area (Å²) in [5.74, 6) is -2.85.